The Kier molecular flexibility index (Phi) is 6.16. The molecule has 1 aliphatic rings. The summed E-state index contributed by atoms with van der Waals surface area (Å²) in [6, 6.07) is 7.82. The Morgan fingerprint density at radius 2 is 1.82 bits per heavy atom. The number of hydrogen-bond donors (Lipinski definition) is 1. The SMILES string of the molecule is Cc1ccc(NC(=O)C2CCN(S(=O)(=O)c3cc(F)ccc3F)CC2)cc1Br. The maximum atomic E-state index is 13.9. The number of anilines is 1. The van der Waals surface area contributed by atoms with Gasteiger partial charge in [-0.2, -0.15) is 4.31 Å². The maximum absolute atomic E-state index is 13.9. The largest absolute Gasteiger partial charge is 0.326 e. The van der Waals surface area contributed by atoms with Gasteiger partial charge in [-0.3, -0.25) is 4.79 Å². The van der Waals surface area contributed by atoms with E-state index >= 15 is 0 Å². The third-order valence-corrected chi connectivity index (χ3v) is 7.54. The maximum Gasteiger partial charge on any atom is 0.246 e. The molecular weight excluding hydrogens is 454 g/mol. The highest BCUT2D eigenvalue weighted by atomic mass is 79.9. The van der Waals surface area contributed by atoms with E-state index in [-0.39, 0.29) is 24.9 Å². The van der Waals surface area contributed by atoms with Crippen LogP contribution in [-0.2, 0) is 14.8 Å². The number of piperidine rings is 1. The van der Waals surface area contributed by atoms with Crippen molar-refractivity contribution < 1.29 is 22.0 Å². The zero-order valence-corrected chi connectivity index (χ0v) is 17.5. The monoisotopic (exact) mass is 472 g/mol. The molecule has 1 amide bonds. The van der Waals surface area contributed by atoms with Crippen molar-refractivity contribution in [2.24, 2.45) is 5.92 Å². The molecule has 1 N–H and O–H groups in total. The number of rotatable bonds is 4. The van der Waals surface area contributed by atoms with Crippen LogP contribution < -0.4 is 5.32 Å². The molecule has 0 bridgehead atoms. The Bertz CT molecular complexity index is 1010. The second-order valence-corrected chi connectivity index (χ2v) is 9.47. The van der Waals surface area contributed by atoms with E-state index in [1.165, 1.54) is 0 Å². The van der Waals surface area contributed by atoms with Crippen LogP contribution in [0.4, 0.5) is 14.5 Å². The van der Waals surface area contributed by atoms with Gasteiger partial charge in [0.05, 0.1) is 0 Å². The quantitative estimate of drug-likeness (QED) is 0.728. The number of sulfonamides is 1. The molecular formula is C19H19BrF2N2O3S. The fourth-order valence-electron chi connectivity index (χ4n) is 3.09. The zero-order valence-electron chi connectivity index (χ0n) is 15.1. The average Bonchev–Trinajstić information content (AvgIpc) is 2.66. The summed E-state index contributed by atoms with van der Waals surface area (Å²) in [6.07, 6.45) is 0.601. The van der Waals surface area contributed by atoms with Crippen LogP contribution in [0.2, 0.25) is 0 Å². The van der Waals surface area contributed by atoms with E-state index in [0.717, 1.165) is 26.5 Å². The van der Waals surface area contributed by atoms with Crippen LogP contribution in [0.5, 0.6) is 0 Å². The molecule has 1 saturated heterocycles. The molecule has 0 saturated carbocycles. The highest BCUT2D eigenvalue weighted by Crippen LogP contribution is 2.27. The molecule has 1 fully saturated rings. The minimum absolute atomic E-state index is 0.0635. The Morgan fingerprint density at radius 1 is 1.14 bits per heavy atom. The smallest absolute Gasteiger partial charge is 0.246 e. The van der Waals surface area contributed by atoms with Gasteiger partial charge in [-0.1, -0.05) is 22.0 Å². The first-order valence-electron chi connectivity index (χ1n) is 8.70. The molecule has 9 heteroatoms. The topological polar surface area (TPSA) is 66.5 Å². The normalized spacial score (nSPS) is 16.1. The van der Waals surface area contributed by atoms with E-state index in [2.05, 4.69) is 21.2 Å². The summed E-state index contributed by atoms with van der Waals surface area (Å²) in [5.74, 6) is -2.36. The zero-order chi connectivity index (χ0) is 20.5. The van der Waals surface area contributed by atoms with Gasteiger partial charge in [-0.25, -0.2) is 17.2 Å². The number of nitrogens with zero attached hydrogens (tertiary/aromatic N) is 1. The van der Waals surface area contributed by atoms with Crippen LogP contribution in [0, 0.1) is 24.5 Å². The van der Waals surface area contributed by atoms with Gasteiger partial charge < -0.3 is 5.32 Å². The summed E-state index contributed by atoms with van der Waals surface area (Å²) in [5, 5.41) is 2.84. The van der Waals surface area contributed by atoms with Crippen molar-refractivity contribution in [1.82, 2.24) is 4.31 Å². The lowest BCUT2D eigenvalue weighted by Crippen LogP contribution is -2.41. The van der Waals surface area contributed by atoms with Crippen LogP contribution in [0.15, 0.2) is 45.8 Å². The Balaban J connectivity index is 1.65. The molecule has 28 heavy (non-hydrogen) atoms. The van der Waals surface area contributed by atoms with Crippen molar-refractivity contribution in [3.63, 3.8) is 0 Å². The number of amides is 1. The van der Waals surface area contributed by atoms with Gasteiger partial charge in [-0.05, 0) is 55.7 Å². The Hall–Kier alpha value is -1.84. The average molecular weight is 473 g/mol. The van der Waals surface area contributed by atoms with E-state index < -0.39 is 26.6 Å². The predicted molar refractivity (Wildman–Crippen MR) is 105 cm³/mol. The van der Waals surface area contributed by atoms with Crippen LogP contribution in [-0.4, -0.2) is 31.7 Å². The summed E-state index contributed by atoms with van der Waals surface area (Å²) in [7, 11) is -4.15. The van der Waals surface area contributed by atoms with Gasteiger partial charge in [0, 0.05) is 29.2 Å². The number of halogens is 3. The molecule has 1 aliphatic heterocycles. The molecule has 2 aromatic rings. The first-order chi connectivity index (χ1) is 13.2. The fourth-order valence-corrected chi connectivity index (χ4v) is 5.01. The number of hydrogen-bond acceptors (Lipinski definition) is 3. The van der Waals surface area contributed by atoms with Crippen molar-refractivity contribution in [1.29, 1.82) is 0 Å². The van der Waals surface area contributed by atoms with Crippen molar-refractivity contribution in [2.45, 2.75) is 24.7 Å². The standard InChI is InChI=1S/C19H19BrF2N2O3S/c1-12-2-4-15(11-16(12)20)23-19(25)13-6-8-24(9-7-13)28(26,27)18-10-14(21)3-5-17(18)22/h2-5,10-11,13H,6-9H2,1H3,(H,23,25). The van der Waals surface area contributed by atoms with E-state index in [9.17, 15) is 22.0 Å². The number of nitrogens with one attached hydrogen (secondary N) is 1. The summed E-state index contributed by atoms with van der Waals surface area (Å²) in [6.45, 7) is 2.06. The first kappa shape index (κ1) is 20.9. The summed E-state index contributed by atoms with van der Waals surface area (Å²) < 4.78 is 54.4. The van der Waals surface area contributed by atoms with Gasteiger partial charge in [0.1, 0.15) is 16.5 Å². The van der Waals surface area contributed by atoms with Crippen molar-refractivity contribution in [3.8, 4) is 0 Å². The van der Waals surface area contributed by atoms with Gasteiger partial charge in [0.15, 0.2) is 0 Å². The third kappa shape index (κ3) is 4.42. The van der Waals surface area contributed by atoms with Crippen LogP contribution in [0.25, 0.3) is 0 Å². The molecule has 0 aromatic heterocycles. The second kappa shape index (κ2) is 8.26. The van der Waals surface area contributed by atoms with E-state index in [0.29, 0.717) is 24.6 Å². The van der Waals surface area contributed by atoms with Crippen LogP contribution >= 0.6 is 15.9 Å². The first-order valence-corrected chi connectivity index (χ1v) is 10.9. The number of aryl methyl sites for hydroxylation is 1. The molecule has 2 aromatic carbocycles. The van der Waals surface area contributed by atoms with Crippen molar-refractivity contribution >= 4 is 37.5 Å². The van der Waals surface area contributed by atoms with Gasteiger partial charge in [0.2, 0.25) is 15.9 Å². The van der Waals surface area contributed by atoms with Gasteiger partial charge in [0.25, 0.3) is 0 Å². The minimum atomic E-state index is -4.15. The Morgan fingerprint density at radius 3 is 2.46 bits per heavy atom. The molecule has 0 aliphatic carbocycles. The molecule has 1 heterocycles. The number of carbonyl (C=O) groups excluding carboxylic acids is 1. The predicted octanol–water partition coefficient (Wildman–Crippen LogP) is 4.08. The van der Waals surface area contributed by atoms with E-state index in [4.69, 9.17) is 0 Å². The van der Waals surface area contributed by atoms with E-state index in [1.54, 1.807) is 12.1 Å². The molecule has 0 spiro atoms. The molecule has 0 atom stereocenters. The number of benzene rings is 2. The molecule has 5 nitrogen and oxygen atoms in total. The summed E-state index contributed by atoms with van der Waals surface area (Å²) >= 11 is 3.41. The number of carbonyl (C=O) groups is 1. The fraction of sp³-hybridized carbons (Fsp3) is 0.316. The molecule has 0 unspecified atom stereocenters. The lowest BCUT2D eigenvalue weighted by molar-refractivity contribution is -0.120. The third-order valence-electron chi connectivity index (χ3n) is 4.78. The lowest BCUT2D eigenvalue weighted by atomic mass is 9.97. The Labute approximate surface area is 170 Å². The van der Waals surface area contributed by atoms with Crippen molar-refractivity contribution in [3.05, 3.63) is 58.1 Å². The highest BCUT2D eigenvalue weighted by Gasteiger charge is 2.33. The van der Waals surface area contributed by atoms with Crippen LogP contribution in [0.3, 0.4) is 0 Å². The van der Waals surface area contributed by atoms with E-state index in [1.807, 2.05) is 13.0 Å². The molecule has 0 radical (unpaired) electrons. The summed E-state index contributed by atoms with van der Waals surface area (Å²) in [5.41, 5.74) is 1.69. The van der Waals surface area contributed by atoms with Crippen molar-refractivity contribution in [2.75, 3.05) is 18.4 Å². The minimum Gasteiger partial charge on any atom is -0.326 e. The molecule has 3 rings (SSSR count). The van der Waals surface area contributed by atoms with Gasteiger partial charge in [-0.15, -0.1) is 0 Å². The second-order valence-electron chi connectivity index (χ2n) is 6.71. The van der Waals surface area contributed by atoms with Gasteiger partial charge >= 0.3 is 0 Å². The lowest BCUT2D eigenvalue weighted by Gasteiger charge is -2.30. The van der Waals surface area contributed by atoms with Crippen LogP contribution in [0.1, 0.15) is 18.4 Å². The summed E-state index contributed by atoms with van der Waals surface area (Å²) in [4.78, 5) is 11.8. The highest BCUT2D eigenvalue weighted by molar-refractivity contribution is 9.10. The molecule has 150 valence electrons.